The zero-order valence-corrected chi connectivity index (χ0v) is 9.84. The van der Waals surface area contributed by atoms with Gasteiger partial charge >= 0.3 is 5.97 Å². The maximum Gasteiger partial charge on any atom is 0.323 e. The zero-order valence-electron chi connectivity index (χ0n) is 9.84. The predicted molar refractivity (Wildman–Crippen MR) is 57.7 cm³/mol. The highest BCUT2D eigenvalue weighted by Gasteiger charge is 2.33. The summed E-state index contributed by atoms with van der Waals surface area (Å²) in [4.78, 5) is 11.6. The van der Waals surface area contributed by atoms with Crippen LogP contribution in [-0.2, 0) is 14.3 Å². The topological polar surface area (TPSA) is 47.6 Å². The summed E-state index contributed by atoms with van der Waals surface area (Å²) in [5.74, 6) is -0.159. The Kier molecular flexibility index (Phi) is 4.54. The highest BCUT2D eigenvalue weighted by Crippen LogP contribution is 2.19. The number of hydrogen-bond acceptors (Lipinski definition) is 4. The smallest absolute Gasteiger partial charge is 0.323 e. The van der Waals surface area contributed by atoms with E-state index in [0.717, 1.165) is 19.4 Å². The Hall–Kier alpha value is -0.610. The van der Waals surface area contributed by atoms with Gasteiger partial charge in [-0.2, -0.15) is 0 Å². The number of rotatable bonds is 5. The first kappa shape index (κ1) is 12.5. The maximum absolute atomic E-state index is 11.6. The second-order valence-electron chi connectivity index (χ2n) is 4.22. The number of nitrogens with one attached hydrogen (secondary N) is 1. The summed E-state index contributed by atoms with van der Waals surface area (Å²) in [6.07, 6.45) is 1.69. The SMILES string of the molecule is CCOC(=O)C(CC)NC1(C)CCOC1. The molecule has 4 heteroatoms. The van der Waals surface area contributed by atoms with E-state index in [1.807, 2.05) is 13.8 Å². The van der Waals surface area contributed by atoms with Gasteiger partial charge in [-0.05, 0) is 26.7 Å². The number of carbonyl (C=O) groups is 1. The minimum Gasteiger partial charge on any atom is -0.465 e. The van der Waals surface area contributed by atoms with Gasteiger partial charge in [-0.3, -0.25) is 10.1 Å². The summed E-state index contributed by atoms with van der Waals surface area (Å²) in [5.41, 5.74) is -0.0760. The third-order valence-electron chi connectivity index (χ3n) is 2.72. The first-order valence-electron chi connectivity index (χ1n) is 5.63. The molecule has 88 valence electrons. The number of carbonyl (C=O) groups excluding carboxylic acids is 1. The van der Waals surface area contributed by atoms with Gasteiger partial charge in [0.2, 0.25) is 0 Å². The maximum atomic E-state index is 11.6. The normalized spacial score (nSPS) is 27.7. The molecule has 0 aromatic carbocycles. The van der Waals surface area contributed by atoms with Gasteiger partial charge in [0.05, 0.1) is 13.2 Å². The van der Waals surface area contributed by atoms with Crippen LogP contribution in [0.1, 0.15) is 33.6 Å². The zero-order chi connectivity index (χ0) is 11.3. The molecule has 1 aliphatic heterocycles. The highest BCUT2D eigenvalue weighted by molar-refractivity contribution is 5.75. The molecule has 1 fully saturated rings. The molecule has 0 spiro atoms. The molecule has 1 saturated heterocycles. The van der Waals surface area contributed by atoms with E-state index < -0.39 is 0 Å². The second kappa shape index (κ2) is 5.47. The van der Waals surface area contributed by atoms with Crippen molar-refractivity contribution in [3.05, 3.63) is 0 Å². The molecule has 2 atom stereocenters. The van der Waals surface area contributed by atoms with Gasteiger partial charge in [0.1, 0.15) is 6.04 Å². The van der Waals surface area contributed by atoms with Crippen LogP contribution >= 0.6 is 0 Å². The van der Waals surface area contributed by atoms with Crippen LogP contribution in [0.25, 0.3) is 0 Å². The molecule has 1 aliphatic rings. The molecule has 1 N–H and O–H groups in total. The number of ether oxygens (including phenoxy) is 2. The molecule has 0 bridgehead atoms. The fourth-order valence-corrected chi connectivity index (χ4v) is 1.77. The second-order valence-corrected chi connectivity index (χ2v) is 4.22. The average molecular weight is 215 g/mol. The van der Waals surface area contributed by atoms with Gasteiger partial charge in [0.15, 0.2) is 0 Å². The lowest BCUT2D eigenvalue weighted by Crippen LogP contribution is -2.52. The third-order valence-corrected chi connectivity index (χ3v) is 2.72. The average Bonchev–Trinajstić information content (AvgIpc) is 2.62. The van der Waals surface area contributed by atoms with Crippen LogP contribution in [0.3, 0.4) is 0 Å². The number of esters is 1. The van der Waals surface area contributed by atoms with Crippen molar-refractivity contribution in [1.29, 1.82) is 0 Å². The molecular formula is C11H21NO3. The van der Waals surface area contributed by atoms with E-state index in [-0.39, 0.29) is 17.6 Å². The summed E-state index contributed by atoms with van der Waals surface area (Å²) in [6, 6.07) is -0.211. The molecule has 0 saturated carbocycles. The van der Waals surface area contributed by atoms with Gasteiger partial charge in [-0.25, -0.2) is 0 Å². The minimum atomic E-state index is -0.211. The molecule has 0 amide bonds. The number of hydrogen-bond donors (Lipinski definition) is 1. The van der Waals surface area contributed by atoms with Gasteiger partial charge in [-0.1, -0.05) is 6.92 Å². The molecule has 0 aliphatic carbocycles. The Morgan fingerprint density at radius 3 is 2.80 bits per heavy atom. The van der Waals surface area contributed by atoms with Crippen molar-refractivity contribution >= 4 is 5.97 Å². The molecule has 1 heterocycles. The monoisotopic (exact) mass is 215 g/mol. The molecule has 2 unspecified atom stereocenters. The summed E-state index contributed by atoms with van der Waals surface area (Å²) in [6.45, 7) is 7.76. The third kappa shape index (κ3) is 3.47. The van der Waals surface area contributed by atoms with Crippen LogP contribution in [0.2, 0.25) is 0 Å². The largest absolute Gasteiger partial charge is 0.465 e. The van der Waals surface area contributed by atoms with E-state index in [1.54, 1.807) is 0 Å². The molecular weight excluding hydrogens is 194 g/mol. The molecule has 0 radical (unpaired) electrons. The van der Waals surface area contributed by atoms with Crippen LogP contribution < -0.4 is 5.32 Å². The Labute approximate surface area is 91.3 Å². The Morgan fingerprint density at radius 1 is 1.60 bits per heavy atom. The Morgan fingerprint density at radius 2 is 2.33 bits per heavy atom. The van der Waals surface area contributed by atoms with E-state index in [1.165, 1.54) is 0 Å². The van der Waals surface area contributed by atoms with Crippen LogP contribution in [-0.4, -0.2) is 37.4 Å². The first-order chi connectivity index (χ1) is 7.11. The van der Waals surface area contributed by atoms with Crippen molar-refractivity contribution in [1.82, 2.24) is 5.32 Å². The van der Waals surface area contributed by atoms with Gasteiger partial charge < -0.3 is 9.47 Å². The van der Waals surface area contributed by atoms with E-state index in [4.69, 9.17) is 9.47 Å². The summed E-state index contributed by atoms with van der Waals surface area (Å²) in [7, 11) is 0. The fraction of sp³-hybridized carbons (Fsp3) is 0.909. The van der Waals surface area contributed by atoms with E-state index >= 15 is 0 Å². The van der Waals surface area contributed by atoms with Crippen molar-refractivity contribution in [2.24, 2.45) is 0 Å². The van der Waals surface area contributed by atoms with Crippen molar-refractivity contribution in [3.63, 3.8) is 0 Å². The summed E-state index contributed by atoms with van der Waals surface area (Å²) in [5, 5.41) is 3.33. The standard InChI is InChI=1S/C11H21NO3/c1-4-9(10(13)15-5-2)12-11(3)6-7-14-8-11/h9,12H,4-8H2,1-3H3. The van der Waals surface area contributed by atoms with Crippen LogP contribution in [0.4, 0.5) is 0 Å². The Balaban J connectivity index is 2.48. The lowest BCUT2D eigenvalue weighted by molar-refractivity contribution is -0.146. The molecule has 0 aromatic rings. The fourth-order valence-electron chi connectivity index (χ4n) is 1.77. The van der Waals surface area contributed by atoms with Crippen molar-refractivity contribution < 1.29 is 14.3 Å². The molecule has 0 aromatic heterocycles. The quantitative estimate of drug-likeness (QED) is 0.698. The van der Waals surface area contributed by atoms with E-state index in [2.05, 4.69) is 12.2 Å². The van der Waals surface area contributed by atoms with Gasteiger partial charge in [0.25, 0.3) is 0 Å². The van der Waals surface area contributed by atoms with Gasteiger partial charge in [0, 0.05) is 12.1 Å². The van der Waals surface area contributed by atoms with Crippen molar-refractivity contribution in [2.75, 3.05) is 19.8 Å². The highest BCUT2D eigenvalue weighted by atomic mass is 16.5. The minimum absolute atomic E-state index is 0.0760. The van der Waals surface area contributed by atoms with Crippen LogP contribution in [0, 0.1) is 0 Å². The molecule has 1 rings (SSSR count). The molecule has 15 heavy (non-hydrogen) atoms. The predicted octanol–water partition coefficient (Wildman–Crippen LogP) is 1.10. The van der Waals surface area contributed by atoms with Crippen LogP contribution in [0.15, 0.2) is 0 Å². The summed E-state index contributed by atoms with van der Waals surface area (Å²) < 4.78 is 10.3. The lowest BCUT2D eigenvalue weighted by atomic mass is 9.99. The van der Waals surface area contributed by atoms with E-state index in [9.17, 15) is 4.79 Å². The van der Waals surface area contributed by atoms with E-state index in [0.29, 0.717) is 13.2 Å². The van der Waals surface area contributed by atoms with Gasteiger partial charge in [-0.15, -0.1) is 0 Å². The Bertz CT molecular complexity index is 212. The van der Waals surface area contributed by atoms with Crippen LogP contribution in [0.5, 0.6) is 0 Å². The first-order valence-corrected chi connectivity index (χ1v) is 5.63. The molecule has 4 nitrogen and oxygen atoms in total. The lowest BCUT2D eigenvalue weighted by Gasteiger charge is -2.28. The summed E-state index contributed by atoms with van der Waals surface area (Å²) >= 11 is 0. The van der Waals surface area contributed by atoms with Crippen molar-refractivity contribution in [3.8, 4) is 0 Å². The van der Waals surface area contributed by atoms with Crippen molar-refractivity contribution in [2.45, 2.75) is 45.2 Å².